The lowest BCUT2D eigenvalue weighted by Crippen LogP contribution is -2.42. The molecule has 0 aromatic carbocycles. The van der Waals surface area contributed by atoms with Gasteiger partial charge in [0, 0.05) is 37.6 Å². The maximum absolute atomic E-state index is 3.37. The summed E-state index contributed by atoms with van der Waals surface area (Å²) in [5.74, 6) is 0. The van der Waals surface area contributed by atoms with Gasteiger partial charge in [0.15, 0.2) is 0 Å². The van der Waals surface area contributed by atoms with Gasteiger partial charge >= 0.3 is 0 Å². The Balaban J connectivity index is 1.89. The van der Waals surface area contributed by atoms with Gasteiger partial charge in [0.25, 0.3) is 0 Å². The van der Waals surface area contributed by atoms with E-state index in [0.29, 0.717) is 0 Å². The number of rotatable bonds is 2. The van der Waals surface area contributed by atoms with Crippen LogP contribution in [0.2, 0.25) is 0 Å². The van der Waals surface area contributed by atoms with Gasteiger partial charge in [-0.25, -0.2) is 0 Å². The van der Waals surface area contributed by atoms with Crippen molar-refractivity contribution in [3.8, 4) is 0 Å². The molecular weight excluding hydrogens is 180 g/mol. The topological polar surface area (TPSA) is 15.3 Å². The van der Waals surface area contributed by atoms with E-state index in [4.69, 9.17) is 0 Å². The Hall–Kier alpha value is -0.380. The smallest absolute Gasteiger partial charge is 0.0243 e. The minimum absolute atomic E-state index is 1.13. The highest BCUT2D eigenvalue weighted by molar-refractivity contribution is 7.10. The number of hydrogen-bond acceptors (Lipinski definition) is 3. The molecule has 2 nitrogen and oxygen atoms in total. The van der Waals surface area contributed by atoms with Crippen LogP contribution in [-0.2, 0) is 6.54 Å². The van der Waals surface area contributed by atoms with Crippen LogP contribution in [0.15, 0.2) is 11.4 Å². The summed E-state index contributed by atoms with van der Waals surface area (Å²) >= 11 is 1.85. The minimum atomic E-state index is 1.13. The van der Waals surface area contributed by atoms with E-state index in [9.17, 15) is 0 Å². The molecule has 0 atom stereocenters. The number of thiophene rings is 1. The van der Waals surface area contributed by atoms with E-state index in [1.807, 2.05) is 11.3 Å². The molecule has 1 saturated heterocycles. The summed E-state index contributed by atoms with van der Waals surface area (Å²) in [6.45, 7) is 7.97. The number of aryl methyl sites for hydroxylation is 1. The Morgan fingerprint density at radius 2 is 2.23 bits per heavy atom. The third-order valence-corrected chi connectivity index (χ3v) is 3.31. The first-order chi connectivity index (χ1) is 6.34. The molecule has 1 N–H and O–H groups in total. The van der Waals surface area contributed by atoms with Gasteiger partial charge in [-0.3, -0.25) is 4.90 Å². The minimum Gasteiger partial charge on any atom is -0.314 e. The second kappa shape index (κ2) is 4.22. The molecule has 2 rings (SSSR count). The number of nitrogens with zero attached hydrogens (tertiary/aromatic N) is 1. The highest BCUT2D eigenvalue weighted by Gasteiger charge is 2.09. The zero-order valence-corrected chi connectivity index (χ0v) is 8.86. The number of nitrogens with one attached hydrogen (secondary N) is 1. The Bertz CT molecular complexity index is 264. The van der Waals surface area contributed by atoms with Gasteiger partial charge in [0.05, 0.1) is 0 Å². The molecule has 13 heavy (non-hydrogen) atoms. The van der Waals surface area contributed by atoms with E-state index in [2.05, 4.69) is 28.6 Å². The van der Waals surface area contributed by atoms with Crippen LogP contribution in [0, 0.1) is 6.92 Å². The summed E-state index contributed by atoms with van der Waals surface area (Å²) in [6, 6.07) is 2.30. The maximum Gasteiger partial charge on any atom is 0.0243 e. The molecule has 2 heterocycles. The molecule has 1 aliphatic rings. The lowest BCUT2D eigenvalue weighted by atomic mass is 10.2. The van der Waals surface area contributed by atoms with Crippen LogP contribution in [0.5, 0.6) is 0 Å². The third-order valence-electron chi connectivity index (χ3n) is 2.40. The van der Waals surface area contributed by atoms with Crippen molar-refractivity contribution in [3.05, 3.63) is 21.9 Å². The van der Waals surface area contributed by atoms with Crippen molar-refractivity contribution in [2.45, 2.75) is 13.5 Å². The predicted molar refractivity (Wildman–Crippen MR) is 57.2 cm³/mol. The van der Waals surface area contributed by atoms with Crippen LogP contribution >= 0.6 is 11.3 Å². The lowest BCUT2D eigenvalue weighted by Gasteiger charge is -2.26. The van der Waals surface area contributed by atoms with Crippen molar-refractivity contribution >= 4 is 11.3 Å². The molecule has 0 bridgehead atoms. The number of hydrogen-bond donors (Lipinski definition) is 1. The van der Waals surface area contributed by atoms with Crippen molar-refractivity contribution in [2.24, 2.45) is 0 Å². The van der Waals surface area contributed by atoms with Gasteiger partial charge in [-0.15, -0.1) is 11.3 Å². The molecule has 1 aromatic rings. The van der Waals surface area contributed by atoms with E-state index < -0.39 is 0 Å². The zero-order chi connectivity index (χ0) is 9.10. The first kappa shape index (κ1) is 9.19. The fourth-order valence-corrected chi connectivity index (χ4v) is 2.41. The summed E-state index contributed by atoms with van der Waals surface area (Å²) < 4.78 is 0. The van der Waals surface area contributed by atoms with Crippen molar-refractivity contribution < 1.29 is 0 Å². The average Bonchev–Trinajstić information content (AvgIpc) is 2.53. The molecule has 0 amide bonds. The summed E-state index contributed by atoms with van der Waals surface area (Å²) in [5, 5.41) is 5.64. The van der Waals surface area contributed by atoms with Crippen molar-refractivity contribution in [1.82, 2.24) is 10.2 Å². The summed E-state index contributed by atoms with van der Waals surface area (Å²) in [6.07, 6.45) is 0. The Kier molecular flexibility index (Phi) is 2.98. The molecule has 1 aliphatic heterocycles. The largest absolute Gasteiger partial charge is 0.314 e. The van der Waals surface area contributed by atoms with Gasteiger partial charge in [-0.1, -0.05) is 0 Å². The Morgan fingerprint density at radius 3 is 2.85 bits per heavy atom. The maximum atomic E-state index is 3.37. The van der Waals surface area contributed by atoms with E-state index in [0.717, 1.165) is 19.6 Å². The third kappa shape index (κ3) is 2.53. The van der Waals surface area contributed by atoms with E-state index in [-0.39, 0.29) is 0 Å². The molecule has 0 radical (unpaired) electrons. The fraction of sp³-hybridized carbons (Fsp3) is 0.600. The first-order valence-corrected chi connectivity index (χ1v) is 5.69. The van der Waals surface area contributed by atoms with Crippen molar-refractivity contribution in [3.63, 3.8) is 0 Å². The van der Waals surface area contributed by atoms with Gasteiger partial charge in [-0.2, -0.15) is 0 Å². The molecule has 0 unspecified atom stereocenters. The van der Waals surface area contributed by atoms with E-state index in [1.165, 1.54) is 23.5 Å². The monoisotopic (exact) mass is 196 g/mol. The van der Waals surface area contributed by atoms with E-state index in [1.54, 1.807) is 0 Å². The first-order valence-electron chi connectivity index (χ1n) is 4.82. The molecule has 0 saturated carbocycles. The second-order valence-corrected chi connectivity index (χ2v) is 4.71. The molecule has 3 heteroatoms. The Labute approximate surface area is 83.6 Å². The summed E-state index contributed by atoms with van der Waals surface area (Å²) in [4.78, 5) is 3.93. The highest BCUT2D eigenvalue weighted by Crippen LogP contribution is 2.15. The van der Waals surface area contributed by atoms with E-state index >= 15 is 0 Å². The molecule has 1 fully saturated rings. The second-order valence-electron chi connectivity index (χ2n) is 3.59. The lowest BCUT2D eigenvalue weighted by molar-refractivity contribution is 0.233. The predicted octanol–water partition coefficient (Wildman–Crippen LogP) is 1.46. The van der Waals surface area contributed by atoms with Crippen LogP contribution in [0.3, 0.4) is 0 Å². The van der Waals surface area contributed by atoms with Crippen LogP contribution < -0.4 is 5.32 Å². The van der Waals surface area contributed by atoms with Crippen LogP contribution in [0.25, 0.3) is 0 Å². The SMILES string of the molecule is Cc1cc(CN2CCNCC2)cs1. The van der Waals surface area contributed by atoms with Crippen LogP contribution in [-0.4, -0.2) is 31.1 Å². The molecular formula is C10H16N2S. The normalized spacial score (nSPS) is 19.2. The molecule has 72 valence electrons. The van der Waals surface area contributed by atoms with Crippen LogP contribution in [0.1, 0.15) is 10.4 Å². The van der Waals surface area contributed by atoms with Gasteiger partial charge in [0.1, 0.15) is 0 Å². The Morgan fingerprint density at radius 1 is 1.46 bits per heavy atom. The molecule has 1 aromatic heterocycles. The average molecular weight is 196 g/mol. The van der Waals surface area contributed by atoms with Gasteiger partial charge in [-0.05, 0) is 23.9 Å². The standard InChI is InChI=1S/C10H16N2S/c1-9-6-10(8-13-9)7-12-4-2-11-3-5-12/h6,8,11H,2-5,7H2,1H3. The summed E-state index contributed by atoms with van der Waals surface area (Å²) in [5.41, 5.74) is 1.48. The van der Waals surface area contributed by atoms with Crippen molar-refractivity contribution in [2.75, 3.05) is 26.2 Å². The summed E-state index contributed by atoms with van der Waals surface area (Å²) in [7, 11) is 0. The van der Waals surface area contributed by atoms with Crippen LogP contribution in [0.4, 0.5) is 0 Å². The van der Waals surface area contributed by atoms with Crippen molar-refractivity contribution in [1.29, 1.82) is 0 Å². The quantitative estimate of drug-likeness (QED) is 0.770. The fourth-order valence-electron chi connectivity index (χ4n) is 1.71. The molecule has 0 spiro atoms. The van der Waals surface area contributed by atoms with Gasteiger partial charge < -0.3 is 5.32 Å². The van der Waals surface area contributed by atoms with Gasteiger partial charge in [0.2, 0.25) is 0 Å². The number of piperazine rings is 1. The molecule has 0 aliphatic carbocycles. The highest BCUT2D eigenvalue weighted by atomic mass is 32.1. The zero-order valence-electron chi connectivity index (χ0n) is 8.05.